The first-order valence-corrected chi connectivity index (χ1v) is 4.91. The summed E-state index contributed by atoms with van der Waals surface area (Å²) in [5, 5.41) is 0. The smallest absolute Gasteiger partial charge is 0.322 e. The Hall–Kier alpha value is -2.38. The predicted molar refractivity (Wildman–Crippen MR) is 56.8 cm³/mol. The summed E-state index contributed by atoms with van der Waals surface area (Å²) in [6.07, 6.45) is 3.06. The summed E-state index contributed by atoms with van der Waals surface area (Å²) in [5.41, 5.74) is 5.01. The van der Waals surface area contributed by atoms with Crippen molar-refractivity contribution in [3.63, 3.8) is 0 Å². The number of aromatic amines is 1. The molecular formula is C9H11N5O3. The van der Waals surface area contributed by atoms with Crippen LogP contribution in [0.5, 0.6) is 0 Å². The zero-order valence-electron chi connectivity index (χ0n) is 9.08. The second-order valence-corrected chi connectivity index (χ2v) is 3.63. The van der Waals surface area contributed by atoms with Gasteiger partial charge in [0.25, 0.3) is 5.91 Å². The number of primary amides is 1. The third-order valence-electron chi connectivity index (χ3n) is 2.60. The van der Waals surface area contributed by atoms with Crippen molar-refractivity contribution in [2.24, 2.45) is 5.73 Å². The molecule has 0 bridgehead atoms. The van der Waals surface area contributed by atoms with Crippen LogP contribution in [0.1, 0.15) is 6.42 Å². The lowest BCUT2D eigenvalue weighted by molar-refractivity contribution is -0.147. The molecule has 1 atom stereocenters. The highest BCUT2D eigenvalue weighted by molar-refractivity contribution is 6.10. The number of hydrogen-bond donors (Lipinski definition) is 2. The van der Waals surface area contributed by atoms with Crippen LogP contribution in [-0.2, 0) is 9.59 Å². The molecule has 2 heterocycles. The zero-order valence-corrected chi connectivity index (χ0v) is 9.08. The summed E-state index contributed by atoms with van der Waals surface area (Å²) in [6, 6.07) is -1.73. The van der Waals surface area contributed by atoms with Crippen molar-refractivity contribution < 1.29 is 14.4 Å². The fourth-order valence-corrected chi connectivity index (χ4v) is 1.66. The Morgan fingerprint density at radius 2 is 2.35 bits per heavy atom. The van der Waals surface area contributed by atoms with Crippen molar-refractivity contribution in [3.8, 4) is 0 Å². The number of nitrogens with zero attached hydrogens (tertiary/aromatic N) is 3. The summed E-state index contributed by atoms with van der Waals surface area (Å²) in [7, 11) is 1.50. The third kappa shape index (κ3) is 1.73. The number of hydrogen-bond acceptors (Lipinski definition) is 4. The van der Waals surface area contributed by atoms with Crippen LogP contribution in [0.3, 0.4) is 0 Å². The van der Waals surface area contributed by atoms with E-state index in [2.05, 4.69) is 9.97 Å². The molecule has 1 aromatic heterocycles. The van der Waals surface area contributed by atoms with Crippen LogP contribution < -0.4 is 10.6 Å². The van der Waals surface area contributed by atoms with Crippen molar-refractivity contribution in [1.82, 2.24) is 14.9 Å². The molecule has 1 aromatic rings. The normalized spacial score (nSPS) is 18.8. The van der Waals surface area contributed by atoms with E-state index in [-0.39, 0.29) is 6.42 Å². The Labute approximate surface area is 96.4 Å². The molecule has 8 nitrogen and oxygen atoms in total. The van der Waals surface area contributed by atoms with Crippen LogP contribution in [0.4, 0.5) is 10.7 Å². The summed E-state index contributed by atoms with van der Waals surface area (Å²) in [6.45, 7) is 0. The number of nitrogens with two attached hydrogens (primary N) is 1. The number of carbonyl (C=O) groups is 3. The van der Waals surface area contributed by atoms with E-state index < -0.39 is 23.9 Å². The summed E-state index contributed by atoms with van der Waals surface area (Å²) < 4.78 is 0. The van der Waals surface area contributed by atoms with Crippen LogP contribution in [-0.4, -0.2) is 45.8 Å². The largest absolute Gasteiger partial charge is 0.351 e. The van der Waals surface area contributed by atoms with Gasteiger partial charge in [0.15, 0.2) is 0 Å². The summed E-state index contributed by atoms with van der Waals surface area (Å²) in [5.74, 6) is -0.499. The van der Waals surface area contributed by atoms with Gasteiger partial charge in [0.05, 0.1) is 6.42 Å². The summed E-state index contributed by atoms with van der Waals surface area (Å²) >= 11 is 0. The maximum Gasteiger partial charge on any atom is 0.322 e. The van der Waals surface area contributed by atoms with Gasteiger partial charge in [-0.3, -0.25) is 19.4 Å². The number of likely N-dealkylation sites (tertiary alicyclic amines) is 1. The number of aromatic nitrogens is 2. The number of carbonyl (C=O) groups excluding carboxylic acids is 3. The Balaban J connectivity index is 2.11. The molecule has 17 heavy (non-hydrogen) atoms. The van der Waals surface area contributed by atoms with Crippen LogP contribution in [0.15, 0.2) is 12.4 Å². The van der Waals surface area contributed by atoms with Gasteiger partial charge in [0.1, 0.15) is 6.04 Å². The molecule has 1 fully saturated rings. The molecule has 0 aromatic carbocycles. The lowest BCUT2D eigenvalue weighted by Crippen LogP contribution is -2.63. The molecule has 0 saturated carbocycles. The van der Waals surface area contributed by atoms with Gasteiger partial charge in [-0.1, -0.05) is 0 Å². The Morgan fingerprint density at radius 1 is 1.65 bits per heavy atom. The minimum absolute atomic E-state index is 0.00712. The van der Waals surface area contributed by atoms with E-state index in [1.165, 1.54) is 18.1 Å². The Bertz CT molecular complexity index is 461. The molecule has 0 aliphatic carbocycles. The number of urea groups is 1. The number of nitrogens with one attached hydrogen (secondary N) is 1. The van der Waals surface area contributed by atoms with E-state index in [0.717, 1.165) is 4.90 Å². The highest BCUT2D eigenvalue weighted by atomic mass is 16.2. The standard InChI is InChI=1S/C9H11N5O3/c1-13(9-11-2-3-12-9)7(16)5-4-6(15)14(5)8(10)17/h2-3,5H,4H2,1H3,(H2,10,17)(H,11,12)/t5-/m0/s1. The van der Waals surface area contributed by atoms with E-state index in [1.807, 2.05) is 0 Å². The number of rotatable bonds is 2. The number of imide groups is 1. The van der Waals surface area contributed by atoms with E-state index in [9.17, 15) is 14.4 Å². The lowest BCUT2D eigenvalue weighted by Gasteiger charge is -2.37. The van der Waals surface area contributed by atoms with Crippen LogP contribution >= 0.6 is 0 Å². The maximum absolute atomic E-state index is 11.9. The Morgan fingerprint density at radius 3 is 2.82 bits per heavy atom. The van der Waals surface area contributed by atoms with Crippen molar-refractivity contribution in [3.05, 3.63) is 12.4 Å². The molecule has 90 valence electrons. The summed E-state index contributed by atoms with van der Waals surface area (Å²) in [4.78, 5) is 42.7. The molecule has 1 aliphatic rings. The number of amides is 4. The fourth-order valence-electron chi connectivity index (χ4n) is 1.66. The van der Waals surface area contributed by atoms with Gasteiger partial charge in [-0.05, 0) is 0 Å². The highest BCUT2D eigenvalue weighted by Crippen LogP contribution is 2.21. The first-order chi connectivity index (χ1) is 8.02. The molecule has 8 heteroatoms. The number of β-lactam (4-membered cyclic amide) rings is 1. The van der Waals surface area contributed by atoms with Gasteiger partial charge in [-0.15, -0.1) is 0 Å². The third-order valence-corrected chi connectivity index (χ3v) is 2.60. The molecule has 0 spiro atoms. The number of H-pyrrole nitrogens is 1. The minimum Gasteiger partial charge on any atom is -0.351 e. The molecule has 2 rings (SSSR count). The van der Waals surface area contributed by atoms with E-state index >= 15 is 0 Å². The molecule has 0 radical (unpaired) electrons. The van der Waals surface area contributed by atoms with E-state index in [0.29, 0.717) is 5.95 Å². The van der Waals surface area contributed by atoms with Gasteiger partial charge in [0, 0.05) is 19.4 Å². The maximum atomic E-state index is 11.9. The molecule has 0 unspecified atom stereocenters. The lowest BCUT2D eigenvalue weighted by atomic mass is 10.0. The van der Waals surface area contributed by atoms with Crippen molar-refractivity contribution >= 4 is 23.8 Å². The highest BCUT2D eigenvalue weighted by Gasteiger charge is 2.46. The first-order valence-electron chi connectivity index (χ1n) is 4.91. The SMILES string of the molecule is CN(C(=O)[C@@H]1CC(=O)N1C(N)=O)c1ncc[nH]1. The molecule has 4 amide bonds. The van der Waals surface area contributed by atoms with Gasteiger partial charge >= 0.3 is 6.03 Å². The second kappa shape index (κ2) is 3.89. The number of imidazole rings is 1. The van der Waals surface area contributed by atoms with E-state index in [1.54, 1.807) is 6.20 Å². The number of anilines is 1. The zero-order chi connectivity index (χ0) is 12.6. The van der Waals surface area contributed by atoms with Crippen LogP contribution in [0.25, 0.3) is 0 Å². The van der Waals surface area contributed by atoms with Gasteiger partial charge in [-0.25, -0.2) is 9.78 Å². The van der Waals surface area contributed by atoms with Crippen LogP contribution in [0, 0.1) is 0 Å². The van der Waals surface area contributed by atoms with Crippen molar-refractivity contribution in [1.29, 1.82) is 0 Å². The monoisotopic (exact) mass is 237 g/mol. The average molecular weight is 237 g/mol. The first kappa shape index (κ1) is 11.1. The molecule has 3 N–H and O–H groups in total. The average Bonchev–Trinajstić information content (AvgIpc) is 2.76. The molecule has 1 saturated heterocycles. The van der Waals surface area contributed by atoms with Gasteiger partial charge in [-0.2, -0.15) is 0 Å². The fraction of sp³-hybridized carbons (Fsp3) is 0.333. The van der Waals surface area contributed by atoms with Crippen LogP contribution in [0.2, 0.25) is 0 Å². The van der Waals surface area contributed by atoms with E-state index in [4.69, 9.17) is 5.73 Å². The number of likely N-dealkylation sites (N-methyl/N-ethyl adjacent to an activating group) is 1. The van der Waals surface area contributed by atoms with Crippen molar-refractivity contribution in [2.75, 3.05) is 11.9 Å². The second-order valence-electron chi connectivity index (χ2n) is 3.63. The molecule has 1 aliphatic heterocycles. The predicted octanol–water partition coefficient (Wildman–Crippen LogP) is -0.948. The quantitative estimate of drug-likeness (QED) is 0.646. The minimum atomic E-state index is -0.910. The van der Waals surface area contributed by atoms with Gasteiger partial charge < -0.3 is 10.7 Å². The molecular weight excluding hydrogens is 226 g/mol. The van der Waals surface area contributed by atoms with Gasteiger partial charge in [0.2, 0.25) is 11.9 Å². The Kier molecular flexibility index (Phi) is 2.54. The van der Waals surface area contributed by atoms with Crippen molar-refractivity contribution in [2.45, 2.75) is 12.5 Å². The topological polar surface area (TPSA) is 112 Å².